The van der Waals surface area contributed by atoms with Crippen LogP contribution in [0.25, 0.3) is 28.0 Å². The predicted molar refractivity (Wildman–Crippen MR) is 127 cm³/mol. The van der Waals surface area contributed by atoms with Crippen LogP contribution in [0.1, 0.15) is 36.7 Å². The topological polar surface area (TPSA) is 48.7 Å². The summed E-state index contributed by atoms with van der Waals surface area (Å²) in [6.07, 6.45) is 4.16. The molecule has 0 spiro atoms. The number of hydrogen-bond donors (Lipinski definition) is 0. The molecule has 2 aromatic heterocycles. The van der Waals surface area contributed by atoms with Crippen molar-refractivity contribution in [1.82, 2.24) is 14.6 Å². The molecule has 0 saturated heterocycles. The maximum atomic E-state index is 13.7. The van der Waals surface area contributed by atoms with E-state index in [-0.39, 0.29) is 5.82 Å². The van der Waals surface area contributed by atoms with E-state index in [0.29, 0.717) is 12.5 Å². The van der Waals surface area contributed by atoms with Crippen molar-refractivity contribution in [3.63, 3.8) is 0 Å². The van der Waals surface area contributed by atoms with Crippen molar-refractivity contribution < 1.29 is 13.9 Å². The van der Waals surface area contributed by atoms with Crippen LogP contribution in [0.2, 0.25) is 0 Å². The van der Waals surface area contributed by atoms with Gasteiger partial charge in [0, 0.05) is 23.9 Å². The molecule has 4 aromatic rings. The molecule has 33 heavy (non-hydrogen) atoms. The van der Waals surface area contributed by atoms with Gasteiger partial charge in [0.1, 0.15) is 11.6 Å². The Labute approximate surface area is 193 Å². The molecule has 0 fully saturated rings. The number of aryl methyl sites for hydroxylation is 1. The number of fused-ring (bicyclic) bond motifs is 3. The summed E-state index contributed by atoms with van der Waals surface area (Å²) in [6, 6.07) is 14.6. The van der Waals surface area contributed by atoms with Crippen molar-refractivity contribution >= 4 is 5.65 Å². The van der Waals surface area contributed by atoms with Crippen molar-refractivity contribution in [3.8, 4) is 28.1 Å². The fourth-order valence-corrected chi connectivity index (χ4v) is 4.87. The van der Waals surface area contributed by atoms with Gasteiger partial charge in [-0.1, -0.05) is 25.5 Å². The second-order valence-corrected chi connectivity index (χ2v) is 8.63. The van der Waals surface area contributed by atoms with Gasteiger partial charge in [-0.05, 0) is 67.1 Å². The summed E-state index contributed by atoms with van der Waals surface area (Å²) in [5.41, 5.74) is 7.91. The molecule has 0 bridgehead atoms. The Morgan fingerprint density at radius 3 is 2.42 bits per heavy atom. The molecule has 0 radical (unpaired) electrons. The minimum absolute atomic E-state index is 0.245. The Morgan fingerprint density at radius 2 is 1.76 bits per heavy atom. The molecule has 1 aliphatic carbocycles. The van der Waals surface area contributed by atoms with Crippen LogP contribution in [0.5, 0.6) is 5.75 Å². The largest absolute Gasteiger partial charge is 0.497 e. The quantitative estimate of drug-likeness (QED) is 0.372. The molecule has 0 N–H and O–H groups in total. The van der Waals surface area contributed by atoms with Crippen LogP contribution in [0.15, 0.2) is 48.5 Å². The van der Waals surface area contributed by atoms with E-state index in [4.69, 9.17) is 19.6 Å². The van der Waals surface area contributed by atoms with Gasteiger partial charge in [0.2, 0.25) is 0 Å². The number of nitrogens with zero attached hydrogens (tertiary/aromatic N) is 3. The molecule has 1 atom stereocenters. The maximum absolute atomic E-state index is 13.7. The Balaban J connectivity index is 1.79. The minimum atomic E-state index is -0.245. The summed E-state index contributed by atoms with van der Waals surface area (Å²) >= 11 is 0. The number of benzene rings is 2. The van der Waals surface area contributed by atoms with Crippen LogP contribution in [-0.4, -0.2) is 28.8 Å². The zero-order valence-corrected chi connectivity index (χ0v) is 19.3. The summed E-state index contributed by atoms with van der Waals surface area (Å²) in [4.78, 5) is 5.17. The lowest BCUT2D eigenvalue weighted by Crippen LogP contribution is -2.19. The van der Waals surface area contributed by atoms with Gasteiger partial charge < -0.3 is 9.47 Å². The number of aromatic nitrogens is 3. The van der Waals surface area contributed by atoms with Crippen LogP contribution < -0.4 is 4.74 Å². The van der Waals surface area contributed by atoms with Crippen LogP contribution in [0, 0.1) is 11.7 Å². The highest BCUT2D eigenvalue weighted by atomic mass is 19.1. The fourth-order valence-electron chi connectivity index (χ4n) is 4.87. The Hall–Kier alpha value is -3.25. The van der Waals surface area contributed by atoms with Crippen molar-refractivity contribution in [2.75, 3.05) is 14.2 Å². The zero-order chi connectivity index (χ0) is 22.9. The van der Waals surface area contributed by atoms with E-state index in [1.165, 1.54) is 23.4 Å². The molecule has 5 rings (SSSR count). The lowest BCUT2D eigenvalue weighted by molar-refractivity contribution is 0.181. The molecule has 2 aromatic carbocycles. The Bertz CT molecular complexity index is 1280. The highest BCUT2D eigenvalue weighted by molar-refractivity contribution is 5.82. The van der Waals surface area contributed by atoms with Gasteiger partial charge in [0.05, 0.1) is 30.7 Å². The van der Waals surface area contributed by atoms with Gasteiger partial charge >= 0.3 is 0 Å². The third-order valence-electron chi connectivity index (χ3n) is 6.68. The van der Waals surface area contributed by atoms with Gasteiger partial charge in [-0.15, -0.1) is 0 Å². The first-order valence-electron chi connectivity index (χ1n) is 11.5. The second-order valence-electron chi connectivity index (χ2n) is 8.63. The fraction of sp³-hybridized carbons (Fsp3) is 0.333. The van der Waals surface area contributed by atoms with Crippen molar-refractivity contribution in [2.24, 2.45) is 5.92 Å². The number of ether oxygens (including phenoxy) is 2. The summed E-state index contributed by atoms with van der Waals surface area (Å²) in [6.45, 7) is 2.63. The molecule has 2 heterocycles. The van der Waals surface area contributed by atoms with E-state index in [2.05, 4.69) is 6.92 Å². The first-order chi connectivity index (χ1) is 16.1. The molecule has 5 nitrogen and oxygen atoms in total. The van der Waals surface area contributed by atoms with E-state index >= 15 is 0 Å². The molecular weight excluding hydrogens is 417 g/mol. The van der Waals surface area contributed by atoms with Crippen LogP contribution in [0.3, 0.4) is 0 Å². The molecule has 0 saturated carbocycles. The number of rotatable bonds is 6. The number of halogens is 1. The number of methoxy groups -OCH3 is 2. The predicted octanol–water partition coefficient (Wildman–Crippen LogP) is 5.87. The Morgan fingerprint density at radius 1 is 1.03 bits per heavy atom. The molecular formula is C27H28FN3O2. The van der Waals surface area contributed by atoms with Crippen LogP contribution in [-0.2, 0) is 24.2 Å². The van der Waals surface area contributed by atoms with Gasteiger partial charge in [-0.25, -0.2) is 13.9 Å². The monoisotopic (exact) mass is 445 g/mol. The third-order valence-corrected chi connectivity index (χ3v) is 6.68. The Kier molecular flexibility index (Phi) is 5.85. The van der Waals surface area contributed by atoms with Crippen molar-refractivity contribution in [1.29, 1.82) is 0 Å². The normalized spacial score (nSPS) is 15.6. The summed E-state index contributed by atoms with van der Waals surface area (Å²) in [5, 5.41) is 4.97. The third kappa shape index (κ3) is 3.89. The maximum Gasteiger partial charge on any atom is 0.164 e. The second kappa shape index (κ2) is 8.94. The van der Waals surface area contributed by atoms with Gasteiger partial charge in [-0.2, -0.15) is 5.10 Å². The highest BCUT2D eigenvalue weighted by Crippen LogP contribution is 2.38. The van der Waals surface area contributed by atoms with E-state index in [1.807, 2.05) is 40.9 Å². The van der Waals surface area contributed by atoms with E-state index < -0.39 is 0 Å². The molecule has 0 aliphatic heterocycles. The van der Waals surface area contributed by atoms with Crippen molar-refractivity contribution in [2.45, 2.75) is 39.2 Å². The van der Waals surface area contributed by atoms with Gasteiger partial charge in [-0.3, -0.25) is 0 Å². The van der Waals surface area contributed by atoms with E-state index in [1.54, 1.807) is 14.2 Å². The molecule has 6 heteroatoms. The van der Waals surface area contributed by atoms with E-state index in [9.17, 15) is 4.39 Å². The number of hydrogen-bond acceptors (Lipinski definition) is 4. The molecule has 0 amide bonds. The van der Waals surface area contributed by atoms with Gasteiger partial charge in [0.15, 0.2) is 5.65 Å². The molecule has 170 valence electrons. The zero-order valence-electron chi connectivity index (χ0n) is 19.3. The smallest absolute Gasteiger partial charge is 0.164 e. The molecule has 1 unspecified atom stereocenters. The standard InChI is InChI=1S/C27H28FN3O2/c1-4-17-5-14-24-22(15-17)26(19-6-10-20(28)11-7-19)29-27-25(23(16-32-2)30-31(24)27)18-8-12-21(33-3)13-9-18/h6-13,17H,4-5,14-16H2,1-3H3. The van der Waals surface area contributed by atoms with Crippen LogP contribution in [0.4, 0.5) is 4.39 Å². The minimum Gasteiger partial charge on any atom is -0.497 e. The van der Waals surface area contributed by atoms with Gasteiger partial charge in [0.25, 0.3) is 0 Å². The lowest BCUT2D eigenvalue weighted by atomic mass is 9.83. The summed E-state index contributed by atoms with van der Waals surface area (Å²) in [5.74, 6) is 1.17. The average Bonchev–Trinajstić information content (AvgIpc) is 3.22. The van der Waals surface area contributed by atoms with Crippen LogP contribution >= 0.6 is 0 Å². The van der Waals surface area contributed by atoms with E-state index in [0.717, 1.165) is 65.2 Å². The van der Waals surface area contributed by atoms with Crippen molar-refractivity contribution in [3.05, 3.63) is 71.3 Å². The average molecular weight is 446 g/mol. The summed E-state index contributed by atoms with van der Waals surface area (Å²) < 4.78 is 26.5. The first-order valence-corrected chi connectivity index (χ1v) is 11.5. The lowest BCUT2D eigenvalue weighted by Gasteiger charge is -2.26. The first kappa shape index (κ1) is 21.6. The highest BCUT2D eigenvalue weighted by Gasteiger charge is 2.27. The molecule has 1 aliphatic rings. The SMILES string of the molecule is CCC1CCc2c(c(-c3ccc(F)cc3)nc3c(-c4ccc(OC)cc4)c(COC)nn23)C1. The summed E-state index contributed by atoms with van der Waals surface area (Å²) in [7, 11) is 3.34.